The van der Waals surface area contributed by atoms with Gasteiger partial charge in [-0.2, -0.15) is 5.10 Å². The highest BCUT2D eigenvalue weighted by molar-refractivity contribution is 6.09. The van der Waals surface area contributed by atoms with Gasteiger partial charge in [0.15, 0.2) is 11.5 Å². The number of hydrogen-bond acceptors (Lipinski definition) is 7. The molecule has 0 radical (unpaired) electrons. The number of nitrogens with zero attached hydrogens (tertiary/aromatic N) is 3. The molecule has 166 valence electrons. The molecular formula is C24H26N4O4. The van der Waals surface area contributed by atoms with E-state index in [4.69, 9.17) is 4.74 Å². The van der Waals surface area contributed by atoms with Crippen LogP contribution in [0.2, 0.25) is 0 Å². The van der Waals surface area contributed by atoms with Crippen molar-refractivity contribution < 1.29 is 14.3 Å². The van der Waals surface area contributed by atoms with E-state index in [1.807, 2.05) is 24.3 Å². The lowest BCUT2D eigenvalue weighted by Gasteiger charge is -2.22. The smallest absolute Gasteiger partial charge is 0.359 e. The molecule has 3 aromatic rings. The van der Waals surface area contributed by atoms with Crippen LogP contribution in [0.3, 0.4) is 0 Å². The quantitative estimate of drug-likeness (QED) is 0.457. The molecule has 8 heteroatoms. The van der Waals surface area contributed by atoms with E-state index in [0.29, 0.717) is 5.69 Å². The van der Waals surface area contributed by atoms with Gasteiger partial charge in [0.05, 0.1) is 17.4 Å². The van der Waals surface area contributed by atoms with Gasteiger partial charge in [-0.05, 0) is 39.5 Å². The van der Waals surface area contributed by atoms with Crippen LogP contribution in [0.25, 0.3) is 10.8 Å². The third-order valence-corrected chi connectivity index (χ3v) is 5.75. The van der Waals surface area contributed by atoms with Gasteiger partial charge in [0, 0.05) is 23.5 Å². The van der Waals surface area contributed by atoms with Crippen LogP contribution < -0.4 is 10.9 Å². The number of Topliss-reactive ketones (excluding diaryl/α,β-unsaturated/α-hetero) is 1. The fraction of sp³-hybridized carbons (Fsp3) is 0.375. The molecule has 0 spiro atoms. The van der Waals surface area contributed by atoms with E-state index in [1.165, 1.54) is 11.6 Å². The van der Waals surface area contributed by atoms with E-state index >= 15 is 0 Å². The minimum atomic E-state index is -0.677. The predicted octanol–water partition coefficient (Wildman–Crippen LogP) is 4.25. The van der Waals surface area contributed by atoms with Crippen LogP contribution in [-0.4, -0.2) is 32.6 Å². The molecule has 1 N–H and O–H groups in total. The number of fused-ring (bicyclic) bond motifs is 1. The van der Waals surface area contributed by atoms with Crippen molar-refractivity contribution in [3.05, 3.63) is 58.3 Å². The summed E-state index contributed by atoms with van der Waals surface area (Å²) in [6.07, 6.45) is 7.82. The number of carbonyl (C=O) groups is 2. The van der Waals surface area contributed by atoms with Crippen LogP contribution in [-0.2, 0) is 11.3 Å². The summed E-state index contributed by atoms with van der Waals surface area (Å²) in [4.78, 5) is 43.1. The van der Waals surface area contributed by atoms with Crippen molar-refractivity contribution in [2.24, 2.45) is 0 Å². The summed E-state index contributed by atoms with van der Waals surface area (Å²) in [6.45, 7) is 3.31. The monoisotopic (exact) mass is 434 g/mol. The Labute approximate surface area is 185 Å². The van der Waals surface area contributed by atoms with Gasteiger partial charge in [0.2, 0.25) is 0 Å². The molecule has 8 nitrogen and oxygen atoms in total. The van der Waals surface area contributed by atoms with Gasteiger partial charge in [-0.3, -0.25) is 14.6 Å². The maximum Gasteiger partial charge on any atom is 0.359 e. The van der Waals surface area contributed by atoms with Crippen LogP contribution in [0.4, 0.5) is 11.4 Å². The van der Waals surface area contributed by atoms with Crippen molar-refractivity contribution in [2.75, 3.05) is 5.32 Å². The molecule has 0 atom stereocenters. The van der Waals surface area contributed by atoms with Crippen molar-refractivity contribution in [2.45, 2.75) is 58.6 Å². The van der Waals surface area contributed by atoms with Gasteiger partial charge in [-0.25, -0.2) is 9.48 Å². The third kappa shape index (κ3) is 4.26. The standard InChI is InChI=1S/C24H26N4O4/c1-3-28-23(30)21(26-19-14-25-13-16-9-7-8-12-18(16)19)20(15(2)29)22(27-28)24(31)32-17-10-5-4-6-11-17/h7-9,12-14,17,26H,3-6,10-11H2,1-2H3. The Morgan fingerprint density at radius 1 is 1.16 bits per heavy atom. The van der Waals surface area contributed by atoms with E-state index < -0.39 is 17.3 Å². The van der Waals surface area contributed by atoms with E-state index in [2.05, 4.69) is 15.4 Å². The Morgan fingerprint density at radius 3 is 2.62 bits per heavy atom. The molecule has 0 aliphatic heterocycles. The third-order valence-electron chi connectivity index (χ3n) is 5.75. The maximum absolute atomic E-state index is 13.1. The zero-order valence-electron chi connectivity index (χ0n) is 18.3. The van der Waals surface area contributed by atoms with Gasteiger partial charge < -0.3 is 10.1 Å². The second kappa shape index (κ2) is 9.30. The van der Waals surface area contributed by atoms with Crippen LogP contribution in [0.5, 0.6) is 0 Å². The van der Waals surface area contributed by atoms with Gasteiger partial charge in [0.25, 0.3) is 5.56 Å². The lowest BCUT2D eigenvalue weighted by Crippen LogP contribution is -2.32. The number of anilines is 2. The highest BCUT2D eigenvalue weighted by Crippen LogP contribution is 2.27. The number of rotatable bonds is 6. The summed E-state index contributed by atoms with van der Waals surface area (Å²) in [5.41, 5.74) is -0.125. The predicted molar refractivity (Wildman–Crippen MR) is 121 cm³/mol. The number of nitrogens with one attached hydrogen (secondary N) is 1. The SMILES string of the molecule is CCn1nc(C(=O)OC2CCCCC2)c(C(C)=O)c(Nc2cncc3ccccc23)c1=O. The van der Waals surface area contributed by atoms with Crippen molar-refractivity contribution in [3.63, 3.8) is 0 Å². The van der Waals surface area contributed by atoms with Crippen LogP contribution in [0, 0.1) is 0 Å². The highest BCUT2D eigenvalue weighted by Gasteiger charge is 2.28. The Morgan fingerprint density at radius 2 is 1.91 bits per heavy atom. The first kappa shape index (κ1) is 21.7. The summed E-state index contributed by atoms with van der Waals surface area (Å²) >= 11 is 0. The molecule has 0 unspecified atom stereocenters. The van der Waals surface area contributed by atoms with E-state index in [0.717, 1.165) is 42.9 Å². The number of esters is 1. The fourth-order valence-corrected chi connectivity index (χ4v) is 4.13. The Hall–Kier alpha value is -3.55. The number of ether oxygens (including phenoxy) is 1. The molecule has 32 heavy (non-hydrogen) atoms. The number of carbonyl (C=O) groups excluding carboxylic acids is 2. The Bertz CT molecular complexity index is 1220. The molecule has 1 aliphatic carbocycles. The molecule has 4 rings (SSSR count). The second-order valence-corrected chi connectivity index (χ2v) is 7.97. The Kier molecular flexibility index (Phi) is 6.30. The molecular weight excluding hydrogens is 408 g/mol. The first-order chi connectivity index (χ1) is 15.5. The van der Waals surface area contributed by atoms with Crippen LogP contribution in [0.1, 0.15) is 66.8 Å². The van der Waals surface area contributed by atoms with E-state index in [9.17, 15) is 14.4 Å². The number of aromatic nitrogens is 3. The molecule has 1 aromatic carbocycles. The molecule has 1 aliphatic rings. The topological polar surface area (TPSA) is 103 Å². The van der Waals surface area contributed by atoms with Gasteiger partial charge in [0.1, 0.15) is 11.8 Å². The average Bonchev–Trinajstić information content (AvgIpc) is 2.80. The number of hydrogen-bond donors (Lipinski definition) is 1. The van der Waals surface area contributed by atoms with E-state index in [-0.39, 0.29) is 29.6 Å². The molecule has 2 heterocycles. The van der Waals surface area contributed by atoms with Crippen molar-refractivity contribution in [1.82, 2.24) is 14.8 Å². The van der Waals surface area contributed by atoms with Gasteiger partial charge in [-0.15, -0.1) is 0 Å². The van der Waals surface area contributed by atoms with Gasteiger partial charge >= 0.3 is 5.97 Å². The summed E-state index contributed by atoms with van der Waals surface area (Å²) in [5, 5.41) is 8.98. The fourth-order valence-electron chi connectivity index (χ4n) is 4.13. The van der Waals surface area contributed by atoms with Crippen molar-refractivity contribution >= 4 is 33.9 Å². The number of aryl methyl sites for hydroxylation is 1. The first-order valence-electron chi connectivity index (χ1n) is 11.0. The van der Waals surface area contributed by atoms with Crippen LogP contribution in [0.15, 0.2) is 41.5 Å². The summed E-state index contributed by atoms with van der Waals surface area (Å²) in [5.74, 6) is -1.12. The molecule has 1 fully saturated rings. The number of pyridine rings is 1. The molecule has 2 aromatic heterocycles. The molecule has 1 saturated carbocycles. The minimum Gasteiger partial charge on any atom is -0.458 e. The van der Waals surface area contributed by atoms with E-state index in [1.54, 1.807) is 19.3 Å². The zero-order chi connectivity index (χ0) is 22.7. The summed E-state index contributed by atoms with van der Waals surface area (Å²) in [6, 6.07) is 7.57. The lowest BCUT2D eigenvalue weighted by atomic mass is 9.98. The largest absolute Gasteiger partial charge is 0.458 e. The number of benzene rings is 1. The zero-order valence-corrected chi connectivity index (χ0v) is 18.3. The molecule has 0 saturated heterocycles. The highest BCUT2D eigenvalue weighted by atomic mass is 16.5. The number of ketones is 1. The first-order valence-corrected chi connectivity index (χ1v) is 11.0. The second-order valence-electron chi connectivity index (χ2n) is 7.97. The van der Waals surface area contributed by atoms with Gasteiger partial charge in [-0.1, -0.05) is 30.7 Å². The molecule has 0 bridgehead atoms. The van der Waals surface area contributed by atoms with Crippen molar-refractivity contribution in [1.29, 1.82) is 0 Å². The summed E-state index contributed by atoms with van der Waals surface area (Å²) in [7, 11) is 0. The average molecular weight is 434 g/mol. The summed E-state index contributed by atoms with van der Waals surface area (Å²) < 4.78 is 6.85. The van der Waals surface area contributed by atoms with Crippen LogP contribution >= 0.6 is 0 Å². The lowest BCUT2D eigenvalue weighted by molar-refractivity contribution is 0.0199. The minimum absolute atomic E-state index is 0.00287. The molecule has 0 amide bonds. The normalized spacial score (nSPS) is 14.3. The maximum atomic E-state index is 13.1. The Balaban J connectivity index is 1.82. The van der Waals surface area contributed by atoms with Crippen molar-refractivity contribution in [3.8, 4) is 0 Å².